The zero-order valence-electron chi connectivity index (χ0n) is 7.41. The summed E-state index contributed by atoms with van der Waals surface area (Å²) in [4.78, 5) is 0. The van der Waals surface area contributed by atoms with Gasteiger partial charge in [0.1, 0.15) is 0 Å². The maximum absolute atomic E-state index is 8.38. The Morgan fingerprint density at radius 2 is 1.50 bits per heavy atom. The molecule has 14 heavy (non-hydrogen) atoms. The number of hydrogen-bond donors (Lipinski definition) is 2. The molecule has 0 spiro atoms. The number of allylic oxidation sites excluding steroid dienone is 5. The molecule has 0 radical (unpaired) electrons. The molecule has 0 heterocycles. The monoisotopic (exact) mass is 233 g/mol. The maximum Gasteiger partial charge on any atom is 0.281 e. The summed E-state index contributed by atoms with van der Waals surface area (Å²) >= 11 is 0. The molecular formula is C11H11NiO2-. The number of aliphatic hydroxyl groups excluding tert-OH is 1. The molecule has 0 atom stereocenters. The van der Waals surface area contributed by atoms with Crippen LogP contribution in [0.25, 0.3) is 0 Å². The Bertz CT molecular complexity index is 286. The van der Waals surface area contributed by atoms with E-state index in [1.54, 1.807) is 24.3 Å². The van der Waals surface area contributed by atoms with E-state index in [0.29, 0.717) is 5.57 Å². The molecule has 1 aromatic carbocycles. The molecule has 0 saturated carbocycles. The van der Waals surface area contributed by atoms with Gasteiger partial charge in [0, 0.05) is 16.5 Å². The first kappa shape index (κ1) is 12.7. The summed E-state index contributed by atoms with van der Waals surface area (Å²) in [7, 11) is 0. The molecule has 2 rings (SSSR count). The average molecular weight is 234 g/mol. The van der Waals surface area contributed by atoms with Crippen molar-refractivity contribution in [2.75, 3.05) is 0 Å². The third-order valence-electron chi connectivity index (χ3n) is 1.48. The van der Waals surface area contributed by atoms with Crippen LogP contribution in [0.1, 0.15) is 0 Å². The number of aliphatic hydroxyl groups is 2. The molecule has 1 aliphatic rings. The van der Waals surface area contributed by atoms with Crippen LogP contribution in [0.15, 0.2) is 66.2 Å². The van der Waals surface area contributed by atoms with Gasteiger partial charge < -0.3 is 10.2 Å². The van der Waals surface area contributed by atoms with Crippen LogP contribution in [0.4, 0.5) is 0 Å². The summed E-state index contributed by atoms with van der Waals surface area (Å²) < 4.78 is 0. The van der Waals surface area contributed by atoms with E-state index in [4.69, 9.17) is 10.2 Å². The standard InChI is InChI=1S/C6H6O2.C5H5.Ni/c7-6(8)5-3-1-2-4-5;1-2-4-5-3-1;/h1-4,7-8H;1-5H;/q;-1;. The van der Waals surface area contributed by atoms with Crippen LogP contribution >= 0.6 is 0 Å². The second kappa shape index (κ2) is 7.10. The minimum atomic E-state index is -0.616. The van der Waals surface area contributed by atoms with E-state index < -0.39 is 5.95 Å². The van der Waals surface area contributed by atoms with Crippen molar-refractivity contribution in [3.05, 3.63) is 66.2 Å². The molecule has 2 nitrogen and oxygen atoms in total. The number of rotatable bonds is 0. The second-order valence-electron chi connectivity index (χ2n) is 2.46. The summed E-state index contributed by atoms with van der Waals surface area (Å²) in [5.41, 5.74) is 0.463. The third-order valence-corrected chi connectivity index (χ3v) is 1.48. The Balaban J connectivity index is 0.000000246. The summed E-state index contributed by atoms with van der Waals surface area (Å²) in [6.07, 6.45) is 6.72. The predicted octanol–water partition coefficient (Wildman–Crippen LogP) is 2.84. The molecule has 78 valence electrons. The van der Waals surface area contributed by atoms with E-state index in [-0.39, 0.29) is 16.5 Å². The van der Waals surface area contributed by atoms with Crippen LogP contribution in [-0.4, -0.2) is 10.2 Å². The van der Waals surface area contributed by atoms with Gasteiger partial charge in [-0.25, -0.2) is 12.1 Å². The Labute approximate surface area is 93.2 Å². The van der Waals surface area contributed by atoms with Crippen molar-refractivity contribution >= 4 is 0 Å². The first-order valence-corrected chi connectivity index (χ1v) is 3.94. The van der Waals surface area contributed by atoms with Gasteiger partial charge in [0.05, 0.1) is 5.57 Å². The molecule has 0 aromatic heterocycles. The zero-order chi connectivity index (χ0) is 9.52. The van der Waals surface area contributed by atoms with Crippen LogP contribution in [0.3, 0.4) is 0 Å². The minimum Gasteiger partial charge on any atom is -0.481 e. The molecule has 0 aliphatic heterocycles. The summed E-state index contributed by atoms with van der Waals surface area (Å²) in [5, 5.41) is 16.8. The van der Waals surface area contributed by atoms with Crippen LogP contribution in [0.5, 0.6) is 0 Å². The Morgan fingerprint density at radius 1 is 1.00 bits per heavy atom. The maximum atomic E-state index is 8.38. The fourth-order valence-corrected chi connectivity index (χ4v) is 0.844. The van der Waals surface area contributed by atoms with Gasteiger partial charge in [-0.1, -0.05) is 12.2 Å². The Hall–Kier alpha value is -1.34. The van der Waals surface area contributed by atoms with E-state index in [0.717, 1.165) is 0 Å². The van der Waals surface area contributed by atoms with Crippen LogP contribution in [0, 0.1) is 0 Å². The fourth-order valence-electron chi connectivity index (χ4n) is 0.844. The van der Waals surface area contributed by atoms with Crippen molar-refractivity contribution in [3.8, 4) is 0 Å². The van der Waals surface area contributed by atoms with E-state index in [9.17, 15) is 0 Å². The first-order chi connectivity index (χ1) is 6.30. The van der Waals surface area contributed by atoms with Crippen molar-refractivity contribution < 1.29 is 26.7 Å². The van der Waals surface area contributed by atoms with Gasteiger partial charge in [-0.05, 0) is 12.2 Å². The van der Waals surface area contributed by atoms with Gasteiger partial charge in [-0.15, -0.1) is 0 Å². The smallest absolute Gasteiger partial charge is 0.281 e. The second-order valence-corrected chi connectivity index (χ2v) is 2.46. The Morgan fingerprint density at radius 3 is 1.71 bits per heavy atom. The largest absolute Gasteiger partial charge is 0.481 e. The van der Waals surface area contributed by atoms with Gasteiger partial charge in [-0.2, -0.15) is 18.2 Å². The van der Waals surface area contributed by atoms with Gasteiger partial charge in [0.15, 0.2) is 0 Å². The van der Waals surface area contributed by atoms with Crippen molar-refractivity contribution in [2.45, 2.75) is 0 Å². The van der Waals surface area contributed by atoms with Gasteiger partial charge in [0.25, 0.3) is 5.95 Å². The topological polar surface area (TPSA) is 40.5 Å². The van der Waals surface area contributed by atoms with Crippen molar-refractivity contribution in [1.29, 1.82) is 0 Å². The molecule has 0 unspecified atom stereocenters. The van der Waals surface area contributed by atoms with Crippen molar-refractivity contribution in [1.82, 2.24) is 0 Å². The minimum absolute atomic E-state index is 0. The first-order valence-electron chi connectivity index (χ1n) is 3.94. The third kappa shape index (κ3) is 4.63. The van der Waals surface area contributed by atoms with Gasteiger partial charge in [0.2, 0.25) is 0 Å². The molecule has 0 fully saturated rings. The predicted molar refractivity (Wildman–Crippen MR) is 52.6 cm³/mol. The van der Waals surface area contributed by atoms with E-state index in [2.05, 4.69) is 0 Å². The summed E-state index contributed by atoms with van der Waals surface area (Å²) in [6, 6.07) is 10.0. The molecular weight excluding hydrogens is 223 g/mol. The fraction of sp³-hybridized carbons (Fsp3) is 0. The quantitative estimate of drug-likeness (QED) is 0.411. The van der Waals surface area contributed by atoms with Crippen LogP contribution < -0.4 is 0 Å². The van der Waals surface area contributed by atoms with Crippen molar-refractivity contribution in [3.63, 3.8) is 0 Å². The van der Waals surface area contributed by atoms with Crippen LogP contribution in [0.2, 0.25) is 0 Å². The van der Waals surface area contributed by atoms with E-state index in [1.165, 1.54) is 0 Å². The van der Waals surface area contributed by atoms with Crippen LogP contribution in [-0.2, 0) is 16.5 Å². The zero-order valence-corrected chi connectivity index (χ0v) is 8.39. The molecule has 1 aromatic rings. The molecule has 0 bridgehead atoms. The summed E-state index contributed by atoms with van der Waals surface area (Å²) in [6.45, 7) is 0. The van der Waals surface area contributed by atoms with Gasteiger partial charge >= 0.3 is 0 Å². The molecule has 1 aliphatic carbocycles. The molecule has 3 heteroatoms. The molecule has 0 saturated heterocycles. The van der Waals surface area contributed by atoms with Crippen molar-refractivity contribution in [2.24, 2.45) is 0 Å². The van der Waals surface area contributed by atoms with E-state index in [1.807, 2.05) is 30.3 Å². The molecule has 0 amide bonds. The molecule has 2 N–H and O–H groups in total. The normalized spacial score (nSPS) is 11.6. The number of hydrogen-bond acceptors (Lipinski definition) is 2. The Kier molecular flexibility index (Phi) is 6.43. The summed E-state index contributed by atoms with van der Waals surface area (Å²) in [5.74, 6) is -0.616. The van der Waals surface area contributed by atoms with E-state index >= 15 is 0 Å². The average Bonchev–Trinajstić information content (AvgIpc) is 2.82. The van der Waals surface area contributed by atoms with Gasteiger partial charge in [-0.3, -0.25) is 0 Å². The SMILES string of the molecule is OC(O)=C1C=CC=C1.[Ni].c1cc[cH-]c1.